The van der Waals surface area contributed by atoms with Crippen LogP contribution in [0.3, 0.4) is 0 Å². The number of carbonyl (C=O) groups is 3. The van der Waals surface area contributed by atoms with Gasteiger partial charge in [-0.05, 0) is 51.0 Å². The first-order chi connectivity index (χ1) is 18.0. The zero-order chi connectivity index (χ0) is 27.1. The fourth-order valence-electron chi connectivity index (χ4n) is 8.57. The van der Waals surface area contributed by atoms with Crippen LogP contribution in [0.2, 0.25) is 0 Å². The summed E-state index contributed by atoms with van der Waals surface area (Å²) in [7, 11) is 0. The van der Waals surface area contributed by atoms with E-state index < -0.39 is 52.3 Å². The van der Waals surface area contributed by atoms with Gasteiger partial charge in [0.1, 0.15) is 24.4 Å². The summed E-state index contributed by atoms with van der Waals surface area (Å²) in [5.74, 6) is -1.63. The summed E-state index contributed by atoms with van der Waals surface area (Å²) in [5, 5.41) is 23.3. The van der Waals surface area contributed by atoms with Crippen LogP contribution in [0.4, 0.5) is 0 Å². The third-order valence-corrected chi connectivity index (χ3v) is 10.8. The number of cyclic esters (lactones) is 1. The fourth-order valence-corrected chi connectivity index (χ4v) is 8.57. The topological polar surface area (TPSA) is 129 Å². The molecule has 1 spiro atoms. The molecule has 3 aliphatic carbocycles. The van der Waals surface area contributed by atoms with Crippen molar-refractivity contribution in [1.82, 2.24) is 0 Å². The van der Waals surface area contributed by atoms with Crippen molar-refractivity contribution in [1.29, 1.82) is 0 Å². The van der Waals surface area contributed by atoms with E-state index in [1.807, 2.05) is 6.92 Å². The van der Waals surface area contributed by atoms with Crippen molar-refractivity contribution >= 4 is 17.7 Å². The predicted octanol–water partition coefficient (Wildman–Crippen LogP) is 2.09. The zero-order valence-corrected chi connectivity index (χ0v) is 21.9. The molecule has 9 heteroatoms. The van der Waals surface area contributed by atoms with Gasteiger partial charge in [-0.25, -0.2) is 9.59 Å². The van der Waals surface area contributed by atoms with Crippen LogP contribution in [0.5, 0.6) is 0 Å². The van der Waals surface area contributed by atoms with E-state index in [-0.39, 0.29) is 50.3 Å². The second-order valence-corrected chi connectivity index (χ2v) is 12.2. The number of esters is 2. The van der Waals surface area contributed by atoms with E-state index in [2.05, 4.69) is 6.58 Å². The predicted molar refractivity (Wildman–Crippen MR) is 133 cm³/mol. The molecule has 8 bridgehead atoms. The maximum absolute atomic E-state index is 13.2. The Morgan fingerprint density at radius 1 is 1.16 bits per heavy atom. The zero-order valence-electron chi connectivity index (χ0n) is 21.9. The van der Waals surface area contributed by atoms with E-state index in [4.69, 9.17) is 18.9 Å². The van der Waals surface area contributed by atoms with E-state index in [0.717, 1.165) is 5.57 Å². The van der Waals surface area contributed by atoms with Crippen LogP contribution in [-0.2, 0) is 33.3 Å². The highest BCUT2D eigenvalue weighted by Gasteiger charge is 2.82. The van der Waals surface area contributed by atoms with Gasteiger partial charge in [-0.2, -0.15) is 0 Å². The lowest BCUT2D eigenvalue weighted by atomic mass is 9.41. The molecular formula is C29H36O9. The molecule has 7 aliphatic rings. The van der Waals surface area contributed by atoms with Crippen molar-refractivity contribution in [2.24, 2.45) is 16.7 Å². The molecular weight excluding hydrogens is 492 g/mol. The Balaban J connectivity index is 1.42. The van der Waals surface area contributed by atoms with Crippen LogP contribution < -0.4 is 0 Å². The molecule has 38 heavy (non-hydrogen) atoms. The Labute approximate surface area is 221 Å². The highest BCUT2D eigenvalue weighted by molar-refractivity contribution is 5.88. The Bertz CT molecular complexity index is 1160. The van der Waals surface area contributed by atoms with Crippen LogP contribution in [0, 0.1) is 16.7 Å². The number of ether oxygens (including phenoxy) is 4. The van der Waals surface area contributed by atoms with Gasteiger partial charge in [0.25, 0.3) is 0 Å². The number of allylic oxidation sites excluding steroid dienone is 1. The van der Waals surface area contributed by atoms with E-state index >= 15 is 0 Å². The molecule has 6 fully saturated rings. The summed E-state index contributed by atoms with van der Waals surface area (Å²) >= 11 is 0. The largest absolute Gasteiger partial charge is 0.462 e. The minimum atomic E-state index is -1.51. The number of ketones is 1. The van der Waals surface area contributed by atoms with E-state index in [1.54, 1.807) is 6.08 Å². The Hall–Kier alpha value is -2.33. The number of fused-ring (bicyclic) bond motifs is 2. The molecule has 0 unspecified atom stereocenters. The highest BCUT2D eigenvalue weighted by atomic mass is 16.6. The average Bonchev–Trinajstić information content (AvgIpc) is 3.02. The monoisotopic (exact) mass is 528 g/mol. The molecule has 206 valence electrons. The van der Waals surface area contributed by atoms with Crippen LogP contribution in [0.25, 0.3) is 0 Å². The molecule has 9 nitrogen and oxygen atoms in total. The van der Waals surface area contributed by atoms with Gasteiger partial charge in [-0.1, -0.05) is 25.2 Å². The molecule has 0 radical (unpaired) electrons. The number of Topliss-reactive ketones (excluding diaryl/α,β-unsaturated/α-hetero) is 1. The third-order valence-electron chi connectivity index (χ3n) is 10.8. The molecule has 4 aliphatic heterocycles. The number of aliphatic hydroxyl groups excluding tert-OH is 1. The van der Waals surface area contributed by atoms with Crippen molar-refractivity contribution in [2.45, 2.75) is 94.4 Å². The second-order valence-electron chi connectivity index (χ2n) is 12.2. The Kier molecular flexibility index (Phi) is 5.85. The smallest absolute Gasteiger partial charge is 0.330 e. The molecule has 0 aromatic rings. The lowest BCUT2D eigenvalue weighted by Crippen LogP contribution is -2.77. The minimum absolute atomic E-state index is 0.0378. The van der Waals surface area contributed by atoms with Gasteiger partial charge < -0.3 is 29.2 Å². The second kappa shape index (κ2) is 8.58. The van der Waals surface area contributed by atoms with Gasteiger partial charge in [0, 0.05) is 35.3 Å². The number of aliphatic hydroxyl groups is 2. The molecule has 9 atom stereocenters. The number of hydrogen-bond acceptors (Lipinski definition) is 9. The van der Waals surface area contributed by atoms with Gasteiger partial charge >= 0.3 is 11.9 Å². The average molecular weight is 529 g/mol. The number of hydrogen-bond donors (Lipinski definition) is 2. The molecule has 3 saturated heterocycles. The first-order valence-electron chi connectivity index (χ1n) is 13.6. The fraction of sp³-hybridized carbons (Fsp3) is 0.690. The van der Waals surface area contributed by atoms with Gasteiger partial charge in [0.2, 0.25) is 0 Å². The summed E-state index contributed by atoms with van der Waals surface area (Å²) in [5.41, 5.74) is -3.08. The van der Waals surface area contributed by atoms with Crippen LogP contribution in [0.1, 0.15) is 58.8 Å². The summed E-state index contributed by atoms with van der Waals surface area (Å²) in [6.45, 7) is 7.68. The molecule has 2 N–H and O–H groups in total. The number of carbonyl (C=O) groups excluding carboxylic acids is 3. The van der Waals surface area contributed by atoms with Gasteiger partial charge in [0.15, 0.2) is 11.4 Å². The van der Waals surface area contributed by atoms with Crippen molar-refractivity contribution in [2.75, 3.05) is 13.2 Å². The minimum Gasteiger partial charge on any atom is -0.462 e. The standard InChI is InChI=1S/C29H36O9/c1-16-7-10-27-15-35-23(32)12-18-8-11-36-28(17(2)30,24(18)33)9-5-4-6-22(31)37-20-13-21-29(34,26(20,27)3)14-19(16)25(27)38-21/h4,6,12,19-21,24-25,33-34H,1,5,7-11,13-15H2,2-3H3/b6-4-,18-12+/t19-,20+,21+,24+,25+,26+,27+,28+,29-/m0/s1. The lowest BCUT2D eigenvalue weighted by Gasteiger charge is -2.69. The summed E-state index contributed by atoms with van der Waals surface area (Å²) in [4.78, 5) is 38.8. The molecule has 7 rings (SSSR count). The summed E-state index contributed by atoms with van der Waals surface area (Å²) in [6.07, 6.45) is 4.22. The molecule has 0 aromatic heterocycles. The van der Waals surface area contributed by atoms with Gasteiger partial charge in [0.05, 0.1) is 18.8 Å². The van der Waals surface area contributed by atoms with Crippen LogP contribution in [0.15, 0.2) is 36.0 Å². The van der Waals surface area contributed by atoms with Crippen molar-refractivity contribution in [3.05, 3.63) is 36.0 Å². The van der Waals surface area contributed by atoms with E-state index in [1.165, 1.54) is 19.1 Å². The van der Waals surface area contributed by atoms with Crippen molar-refractivity contribution < 1.29 is 43.5 Å². The van der Waals surface area contributed by atoms with E-state index in [0.29, 0.717) is 31.3 Å². The normalized spacial score (nSPS) is 50.5. The molecule has 3 saturated carbocycles. The molecule has 0 amide bonds. The van der Waals surface area contributed by atoms with Crippen LogP contribution in [-0.4, -0.2) is 76.8 Å². The maximum atomic E-state index is 13.2. The van der Waals surface area contributed by atoms with Crippen LogP contribution >= 0.6 is 0 Å². The Morgan fingerprint density at radius 2 is 1.95 bits per heavy atom. The highest BCUT2D eigenvalue weighted by Crippen LogP contribution is 2.74. The third kappa shape index (κ3) is 3.22. The molecule has 0 aromatic carbocycles. The van der Waals surface area contributed by atoms with Gasteiger partial charge in [-0.3, -0.25) is 4.79 Å². The SMILES string of the molecule is C=C1CC[C@@]23COC(=O)/C=C4\CCO[C@@](C(C)=O)(CC/C=C\C(=O)O[C@@H]5C[C@H]6O[C@@H]2[C@H]1C[C@@]6(O)[C@]53C)[C@@H]4O. The van der Waals surface area contributed by atoms with E-state index in [9.17, 15) is 24.6 Å². The van der Waals surface area contributed by atoms with Gasteiger partial charge in [-0.15, -0.1) is 0 Å². The quantitative estimate of drug-likeness (QED) is 0.388. The number of rotatable bonds is 1. The first kappa shape index (κ1) is 25.9. The summed E-state index contributed by atoms with van der Waals surface area (Å²) in [6, 6.07) is 0. The first-order valence-corrected chi connectivity index (χ1v) is 13.6. The van der Waals surface area contributed by atoms with Crippen molar-refractivity contribution in [3.63, 3.8) is 0 Å². The maximum Gasteiger partial charge on any atom is 0.330 e. The molecule has 4 heterocycles. The summed E-state index contributed by atoms with van der Waals surface area (Å²) < 4.78 is 24.2. The Morgan fingerprint density at radius 3 is 2.71 bits per heavy atom. The van der Waals surface area contributed by atoms with Crippen molar-refractivity contribution in [3.8, 4) is 0 Å². The lowest BCUT2D eigenvalue weighted by molar-refractivity contribution is -0.349.